The second-order valence-corrected chi connectivity index (χ2v) is 7.15. The summed E-state index contributed by atoms with van der Waals surface area (Å²) in [5.74, 6) is -0.490. The first-order valence-corrected chi connectivity index (χ1v) is 9.29. The normalized spacial score (nSPS) is 12.1. The highest BCUT2D eigenvalue weighted by atomic mass is 16.2. The van der Waals surface area contributed by atoms with Gasteiger partial charge in [0.05, 0.1) is 6.04 Å². The summed E-state index contributed by atoms with van der Waals surface area (Å²) in [5.41, 5.74) is 4.83. The van der Waals surface area contributed by atoms with E-state index in [1.807, 2.05) is 51.1 Å². The molecule has 0 fully saturated rings. The van der Waals surface area contributed by atoms with E-state index < -0.39 is 17.5 Å². The molecule has 0 saturated carbocycles. The molecule has 3 heterocycles. The molecule has 7 heteroatoms. The zero-order chi connectivity index (χ0) is 20.5. The number of hydrogen-bond acceptors (Lipinski definition) is 4. The van der Waals surface area contributed by atoms with E-state index in [-0.39, 0.29) is 5.56 Å². The van der Waals surface area contributed by atoms with Gasteiger partial charge in [-0.15, -0.1) is 0 Å². The fourth-order valence-corrected chi connectivity index (χ4v) is 3.29. The second kappa shape index (κ2) is 7.35. The summed E-state index contributed by atoms with van der Waals surface area (Å²) >= 11 is 0. The first-order chi connectivity index (χ1) is 13.9. The molecule has 0 unspecified atom stereocenters. The van der Waals surface area contributed by atoms with Crippen LogP contribution in [0.15, 0.2) is 59.8 Å². The molecule has 29 heavy (non-hydrogen) atoms. The smallest absolute Gasteiger partial charge is 0.285 e. The lowest BCUT2D eigenvalue weighted by atomic mass is 9.96. The number of H-pyrrole nitrogens is 1. The van der Waals surface area contributed by atoms with Crippen molar-refractivity contribution >= 4 is 11.6 Å². The number of nitrogens with one attached hydrogen (secondary N) is 2. The maximum Gasteiger partial charge on any atom is 0.285 e. The summed E-state index contributed by atoms with van der Waals surface area (Å²) < 4.78 is 1.28. The third-order valence-corrected chi connectivity index (χ3v) is 5.02. The summed E-state index contributed by atoms with van der Waals surface area (Å²) in [6.07, 6.45) is 4.71. The molecular formula is C22H21N5O2. The zero-order valence-electron chi connectivity index (χ0n) is 16.4. The highest BCUT2D eigenvalue weighted by Gasteiger charge is 2.21. The SMILES string of the molecule is Cc1cc2ncc(C(=O)N[C@H](c3cccnc3)c3ccc(C)c(C)c3)c(=O)n2[nH]1. The van der Waals surface area contributed by atoms with Crippen LogP contribution in [0.5, 0.6) is 0 Å². The fraction of sp³-hybridized carbons (Fsp3) is 0.182. The predicted octanol–water partition coefficient (Wildman–Crippen LogP) is 2.86. The van der Waals surface area contributed by atoms with Crippen molar-refractivity contribution in [2.75, 3.05) is 0 Å². The van der Waals surface area contributed by atoms with E-state index >= 15 is 0 Å². The van der Waals surface area contributed by atoms with Crippen LogP contribution < -0.4 is 10.9 Å². The molecule has 3 aromatic heterocycles. The summed E-state index contributed by atoms with van der Waals surface area (Å²) in [6.45, 7) is 5.89. The number of aromatic amines is 1. The monoisotopic (exact) mass is 387 g/mol. The molecule has 4 rings (SSSR count). The van der Waals surface area contributed by atoms with Crippen LogP contribution in [0, 0.1) is 20.8 Å². The van der Waals surface area contributed by atoms with Crippen molar-refractivity contribution in [3.63, 3.8) is 0 Å². The van der Waals surface area contributed by atoms with E-state index in [0.29, 0.717) is 5.65 Å². The molecule has 146 valence electrons. The highest BCUT2D eigenvalue weighted by molar-refractivity contribution is 5.94. The van der Waals surface area contributed by atoms with Gasteiger partial charge >= 0.3 is 0 Å². The lowest BCUT2D eigenvalue weighted by molar-refractivity contribution is 0.0940. The van der Waals surface area contributed by atoms with E-state index in [1.54, 1.807) is 18.5 Å². The lowest BCUT2D eigenvalue weighted by Gasteiger charge is -2.20. The van der Waals surface area contributed by atoms with E-state index in [1.165, 1.54) is 16.3 Å². The Balaban J connectivity index is 1.74. The number of pyridine rings is 1. The number of hydrogen-bond donors (Lipinski definition) is 2. The Kier molecular flexibility index (Phi) is 4.72. The number of carbonyl (C=O) groups is 1. The van der Waals surface area contributed by atoms with Gasteiger partial charge in [-0.1, -0.05) is 24.3 Å². The maximum atomic E-state index is 13.0. The van der Waals surface area contributed by atoms with E-state index in [2.05, 4.69) is 20.4 Å². The van der Waals surface area contributed by atoms with Gasteiger partial charge in [0, 0.05) is 30.4 Å². The van der Waals surface area contributed by atoms with Crippen LogP contribution in [0.3, 0.4) is 0 Å². The third kappa shape index (κ3) is 3.54. The topological polar surface area (TPSA) is 92.2 Å². The molecule has 0 aliphatic carbocycles. The van der Waals surface area contributed by atoms with Gasteiger partial charge in [-0.2, -0.15) is 0 Å². The Morgan fingerprint density at radius 1 is 1.07 bits per heavy atom. The van der Waals surface area contributed by atoms with Crippen LogP contribution >= 0.6 is 0 Å². The van der Waals surface area contributed by atoms with Gasteiger partial charge in [-0.05, 0) is 49.1 Å². The Morgan fingerprint density at radius 3 is 2.62 bits per heavy atom. The largest absolute Gasteiger partial charge is 0.341 e. The van der Waals surface area contributed by atoms with Gasteiger partial charge in [0.25, 0.3) is 11.5 Å². The number of amides is 1. The number of aromatic nitrogens is 4. The van der Waals surface area contributed by atoms with Crippen molar-refractivity contribution in [1.82, 2.24) is 24.9 Å². The van der Waals surface area contributed by atoms with Gasteiger partial charge in [0.2, 0.25) is 0 Å². The van der Waals surface area contributed by atoms with Gasteiger partial charge in [-0.25, -0.2) is 9.50 Å². The highest BCUT2D eigenvalue weighted by Crippen LogP contribution is 2.24. The molecule has 0 aliphatic rings. The van der Waals surface area contributed by atoms with Gasteiger partial charge in [-0.3, -0.25) is 19.7 Å². The molecule has 1 amide bonds. The molecule has 2 N–H and O–H groups in total. The molecule has 0 radical (unpaired) electrons. The average molecular weight is 387 g/mol. The number of fused-ring (bicyclic) bond motifs is 1. The first kappa shape index (κ1) is 18.6. The number of aryl methyl sites for hydroxylation is 3. The third-order valence-electron chi connectivity index (χ3n) is 5.02. The molecule has 0 saturated heterocycles. The average Bonchev–Trinajstić information content (AvgIpc) is 3.10. The van der Waals surface area contributed by atoms with Crippen LogP contribution in [0.4, 0.5) is 0 Å². The standard InChI is InChI=1S/C22H21N5O2/c1-13-6-7-16(9-14(13)2)20(17-5-4-8-23-11-17)25-21(28)18-12-24-19-10-15(3)26-27(19)22(18)29/h4-12,20,26H,1-3H3,(H,25,28)/t20-/m0/s1. The molecule has 0 aliphatic heterocycles. The molecule has 7 nitrogen and oxygen atoms in total. The molecule has 0 bridgehead atoms. The summed E-state index contributed by atoms with van der Waals surface area (Å²) in [7, 11) is 0. The quantitative estimate of drug-likeness (QED) is 0.563. The summed E-state index contributed by atoms with van der Waals surface area (Å²) in [6, 6.07) is 11.1. The molecule has 1 atom stereocenters. The van der Waals surface area contributed by atoms with Crippen molar-refractivity contribution in [3.8, 4) is 0 Å². The van der Waals surface area contributed by atoms with E-state index in [9.17, 15) is 9.59 Å². The summed E-state index contributed by atoms with van der Waals surface area (Å²) in [5, 5.41) is 5.88. The molecule has 4 aromatic rings. The van der Waals surface area contributed by atoms with E-state index in [0.717, 1.165) is 22.4 Å². The van der Waals surface area contributed by atoms with Crippen LogP contribution in [0.25, 0.3) is 5.65 Å². The van der Waals surface area contributed by atoms with Crippen molar-refractivity contribution in [2.24, 2.45) is 0 Å². The number of nitrogens with zero attached hydrogens (tertiary/aromatic N) is 3. The Morgan fingerprint density at radius 2 is 1.90 bits per heavy atom. The zero-order valence-corrected chi connectivity index (χ0v) is 16.4. The fourth-order valence-electron chi connectivity index (χ4n) is 3.29. The molecule has 0 spiro atoms. The maximum absolute atomic E-state index is 13.0. The van der Waals surface area contributed by atoms with Crippen LogP contribution in [-0.2, 0) is 0 Å². The Bertz CT molecular complexity index is 1260. The summed E-state index contributed by atoms with van der Waals surface area (Å²) in [4.78, 5) is 34.2. The number of carbonyl (C=O) groups excluding carboxylic acids is 1. The predicted molar refractivity (Wildman–Crippen MR) is 110 cm³/mol. The van der Waals surface area contributed by atoms with Crippen molar-refractivity contribution < 1.29 is 4.79 Å². The lowest BCUT2D eigenvalue weighted by Crippen LogP contribution is -2.34. The van der Waals surface area contributed by atoms with Crippen LogP contribution in [0.2, 0.25) is 0 Å². The molecule has 1 aromatic carbocycles. The van der Waals surface area contributed by atoms with Crippen molar-refractivity contribution in [1.29, 1.82) is 0 Å². The minimum Gasteiger partial charge on any atom is -0.341 e. The van der Waals surface area contributed by atoms with Gasteiger partial charge < -0.3 is 5.32 Å². The van der Waals surface area contributed by atoms with Crippen molar-refractivity contribution in [3.05, 3.63) is 98.9 Å². The van der Waals surface area contributed by atoms with Crippen LogP contribution in [0.1, 0.15) is 44.3 Å². The van der Waals surface area contributed by atoms with Gasteiger partial charge in [0.15, 0.2) is 5.65 Å². The van der Waals surface area contributed by atoms with Gasteiger partial charge in [0.1, 0.15) is 5.56 Å². The number of benzene rings is 1. The Labute approximate surface area is 167 Å². The van der Waals surface area contributed by atoms with Crippen LogP contribution in [-0.4, -0.2) is 25.5 Å². The first-order valence-electron chi connectivity index (χ1n) is 9.29. The minimum atomic E-state index is -0.490. The van der Waals surface area contributed by atoms with Crippen molar-refractivity contribution in [2.45, 2.75) is 26.8 Å². The second-order valence-electron chi connectivity index (χ2n) is 7.15. The molecular weight excluding hydrogens is 366 g/mol. The Hall–Kier alpha value is -3.74. The number of rotatable bonds is 4. The van der Waals surface area contributed by atoms with E-state index in [4.69, 9.17) is 0 Å². The minimum absolute atomic E-state index is 0.0259.